The quantitative estimate of drug-likeness (QED) is 0.762. The second kappa shape index (κ2) is 15.9. The van der Waals surface area contributed by atoms with E-state index in [9.17, 15) is 0 Å². The fourth-order valence-corrected chi connectivity index (χ4v) is 3.94. The van der Waals surface area contributed by atoms with Crippen LogP contribution in [0.1, 0.15) is 26.3 Å². The molecule has 0 aliphatic rings. The predicted molar refractivity (Wildman–Crippen MR) is 71.3 cm³/mol. The van der Waals surface area contributed by atoms with Gasteiger partial charge in [-0.15, -0.1) is 13.2 Å². The predicted octanol–water partition coefficient (Wildman–Crippen LogP) is -0.354. The summed E-state index contributed by atoms with van der Waals surface area (Å²) in [6.07, 6.45) is 0. The molecule has 2 N–H and O–H groups in total. The second-order valence-electron chi connectivity index (χ2n) is 2.97. The molecular formula is C13H23NO2Sn. The molecule has 0 saturated carbocycles. The molecule has 0 heterocycles. The average molecular weight is 344 g/mol. The molecule has 96 valence electrons. The van der Waals surface area contributed by atoms with Crippen LogP contribution >= 0.6 is 0 Å². The molecule has 1 rings (SSSR count). The van der Waals surface area contributed by atoms with Crippen LogP contribution in [0.4, 0.5) is 0 Å². The van der Waals surface area contributed by atoms with Gasteiger partial charge in [0.2, 0.25) is 0 Å². The monoisotopic (exact) mass is 345 g/mol. The third-order valence-electron chi connectivity index (χ3n) is 1.60. The van der Waals surface area contributed by atoms with Crippen LogP contribution in [0.5, 0.6) is 0 Å². The van der Waals surface area contributed by atoms with Crippen LogP contribution in [-0.2, 0) is 6.54 Å². The van der Waals surface area contributed by atoms with Crippen molar-refractivity contribution >= 4 is 24.7 Å². The molecule has 0 aliphatic heterocycles. The van der Waals surface area contributed by atoms with Crippen LogP contribution in [0.3, 0.4) is 0 Å². The van der Waals surface area contributed by atoms with E-state index in [1.165, 1.54) is 10.0 Å². The molecule has 1 aromatic carbocycles. The van der Waals surface area contributed by atoms with Crippen molar-refractivity contribution in [2.45, 2.75) is 31.8 Å². The first-order chi connectivity index (χ1) is 8.21. The van der Waals surface area contributed by atoms with E-state index >= 15 is 0 Å². The van der Waals surface area contributed by atoms with Gasteiger partial charge in [0.1, 0.15) is 0 Å². The molecule has 0 saturated heterocycles. The number of benzene rings is 1. The summed E-state index contributed by atoms with van der Waals surface area (Å²) in [6, 6.07) is 8.56. The number of nitrogens with two attached hydrogens (primary N) is 1. The van der Waals surface area contributed by atoms with E-state index < -0.39 is 0 Å². The summed E-state index contributed by atoms with van der Waals surface area (Å²) in [5, 5.41) is 17.9. The molecule has 17 heavy (non-hydrogen) atoms. The molecule has 0 spiro atoms. The summed E-state index contributed by atoms with van der Waals surface area (Å²) in [6.45, 7) is 6.11. The van der Waals surface area contributed by atoms with Crippen molar-refractivity contribution in [3.05, 3.63) is 29.8 Å². The van der Waals surface area contributed by atoms with Crippen molar-refractivity contribution in [1.82, 2.24) is 0 Å². The van der Waals surface area contributed by atoms with Gasteiger partial charge in [-0.25, -0.2) is 0 Å². The summed E-state index contributed by atoms with van der Waals surface area (Å²) < 4.78 is 2.93. The Morgan fingerprint density at radius 2 is 1.53 bits per heavy atom. The van der Waals surface area contributed by atoms with Crippen molar-refractivity contribution in [3.8, 4) is 0 Å². The first-order valence-corrected chi connectivity index (χ1v) is 9.34. The third kappa shape index (κ3) is 12.2. The van der Waals surface area contributed by atoms with Gasteiger partial charge in [-0.2, -0.15) is 0 Å². The van der Waals surface area contributed by atoms with Crippen LogP contribution in [0.2, 0.25) is 4.44 Å². The Labute approximate surface area is 115 Å². The summed E-state index contributed by atoms with van der Waals surface area (Å²) in [7, 11) is 0. The minimum atomic E-state index is -0.282. The maximum atomic E-state index is 8.93. The van der Waals surface area contributed by atoms with Crippen LogP contribution in [-0.4, -0.2) is 34.4 Å². The van der Waals surface area contributed by atoms with Gasteiger partial charge in [0.15, 0.2) is 0 Å². The Balaban J connectivity index is 0. The van der Waals surface area contributed by atoms with Gasteiger partial charge in [0.05, 0.1) is 0 Å². The Hall–Kier alpha value is -0.101. The molecule has 0 unspecified atom stereocenters. The Kier molecular flexibility index (Phi) is 18.0. The average Bonchev–Trinajstić information content (AvgIpc) is 2.32. The van der Waals surface area contributed by atoms with Crippen molar-refractivity contribution in [3.63, 3.8) is 0 Å². The van der Waals surface area contributed by atoms with Crippen molar-refractivity contribution in [2.75, 3.05) is 13.2 Å². The molecule has 3 nitrogen and oxygen atoms in total. The van der Waals surface area contributed by atoms with Gasteiger partial charge in [0.25, 0.3) is 0 Å². The molecule has 0 bridgehead atoms. The van der Waals surface area contributed by atoms with Crippen molar-refractivity contribution < 1.29 is 10.2 Å². The first-order valence-electron chi connectivity index (χ1n) is 5.89. The fourth-order valence-electron chi connectivity index (χ4n) is 1.06. The van der Waals surface area contributed by atoms with Gasteiger partial charge >= 0.3 is 78.2 Å². The van der Waals surface area contributed by atoms with E-state index in [0.29, 0.717) is 6.54 Å². The van der Waals surface area contributed by atoms with Crippen LogP contribution in [0, 0.1) is 0 Å². The summed E-state index contributed by atoms with van der Waals surface area (Å²) >= 11 is -0.282. The molecule has 0 aromatic heterocycles. The van der Waals surface area contributed by atoms with Gasteiger partial charge in [-0.05, 0) is 0 Å². The zero-order valence-corrected chi connectivity index (χ0v) is 13.9. The van der Waals surface area contributed by atoms with E-state index in [1.54, 1.807) is 17.4 Å². The number of rotatable bonds is 3. The van der Waals surface area contributed by atoms with E-state index in [4.69, 9.17) is 15.9 Å². The van der Waals surface area contributed by atoms with Crippen LogP contribution in [0.15, 0.2) is 24.3 Å². The fraction of sp³-hybridized carbons (Fsp3) is 0.538. The van der Waals surface area contributed by atoms with Gasteiger partial charge in [-0.1, -0.05) is 13.8 Å². The Morgan fingerprint density at radius 3 is 1.94 bits per heavy atom. The SMILES string of the molecule is CC[O-].CC[O-].C[CH2][Sn+2][c]1ccccc1CN. The molecule has 0 atom stereocenters. The normalized spacial score (nSPS) is 8.12. The van der Waals surface area contributed by atoms with Gasteiger partial charge in [-0.3, -0.25) is 0 Å². The summed E-state index contributed by atoms with van der Waals surface area (Å²) in [5.74, 6) is 0. The van der Waals surface area contributed by atoms with Crippen LogP contribution < -0.4 is 19.5 Å². The summed E-state index contributed by atoms with van der Waals surface area (Å²) in [4.78, 5) is 0. The molecule has 0 amide bonds. The molecule has 1 aromatic rings. The van der Waals surface area contributed by atoms with Crippen molar-refractivity contribution in [2.24, 2.45) is 5.73 Å². The minimum absolute atomic E-state index is 0. The number of hydrogen-bond acceptors (Lipinski definition) is 3. The van der Waals surface area contributed by atoms with E-state index in [0.717, 1.165) is 0 Å². The molecule has 4 heteroatoms. The van der Waals surface area contributed by atoms with E-state index in [1.807, 2.05) is 0 Å². The van der Waals surface area contributed by atoms with E-state index in [2.05, 4.69) is 31.2 Å². The molecule has 0 radical (unpaired) electrons. The first kappa shape index (κ1) is 19.2. The molecule has 0 aliphatic carbocycles. The summed E-state index contributed by atoms with van der Waals surface area (Å²) in [5.41, 5.74) is 6.97. The zero-order chi connectivity index (χ0) is 13.5. The molecular weight excluding hydrogens is 321 g/mol. The van der Waals surface area contributed by atoms with Gasteiger partial charge in [0, 0.05) is 0 Å². The van der Waals surface area contributed by atoms with Crippen LogP contribution in [0.25, 0.3) is 0 Å². The maximum absolute atomic E-state index is 8.93. The van der Waals surface area contributed by atoms with Crippen molar-refractivity contribution in [1.29, 1.82) is 0 Å². The Bertz CT molecular complexity index is 255. The third-order valence-corrected chi connectivity index (χ3v) is 5.09. The topological polar surface area (TPSA) is 72.1 Å². The second-order valence-corrected chi connectivity index (χ2v) is 7.53. The zero-order valence-electron chi connectivity index (χ0n) is 11.0. The number of hydrogen-bond donors (Lipinski definition) is 1. The van der Waals surface area contributed by atoms with Gasteiger partial charge < -0.3 is 10.2 Å². The Morgan fingerprint density at radius 1 is 1.06 bits per heavy atom. The standard InChI is InChI=1S/C7H8N.2C2H5O.C2H5.Sn/c8-6-7-4-2-1-3-5-7;2*1-2-3;1-2;/h1-4H,6,8H2;2*2H2,1H3;1H2,2H3;/q;2*-1;;+2. The van der Waals surface area contributed by atoms with E-state index in [-0.39, 0.29) is 34.4 Å². The molecule has 0 fully saturated rings.